The van der Waals surface area contributed by atoms with Crippen LogP contribution in [0.1, 0.15) is 17.8 Å². The summed E-state index contributed by atoms with van der Waals surface area (Å²) >= 11 is 1.07. The van der Waals surface area contributed by atoms with Gasteiger partial charge in [-0.05, 0) is 43.2 Å². The minimum Gasteiger partial charge on any atom is -0.483 e. The van der Waals surface area contributed by atoms with Crippen LogP contribution in [0.15, 0.2) is 53.5 Å². The molecule has 11 nitrogen and oxygen atoms in total. The molecule has 3 rings (SSSR count). The summed E-state index contributed by atoms with van der Waals surface area (Å²) in [5, 5.41) is 14.1. The first-order valence-electron chi connectivity index (χ1n) is 11.8. The van der Waals surface area contributed by atoms with Crippen molar-refractivity contribution < 1.29 is 37.4 Å². The number of ether oxygens (including phenoxy) is 1. The standard InChI is InChI=1S/C25H26F3N5O6S/c1-32(2)20(34)11-4-3-7-16(31-24(37)38)22(35)30-17-9-6-12-33(23(17)36)13-19-29-15-8-5-10-18(21(15)40-19)39-14-25(26,27)28/h4-6,8-12,16,31H,3,7,13-14H2,1-2H3,(H,30,35)(H,37,38)/b11-4+/t16-/m0/s1. The number of benzene rings is 1. The molecular weight excluding hydrogens is 555 g/mol. The fraction of sp³-hybridized carbons (Fsp3) is 0.320. The third kappa shape index (κ3) is 8.56. The lowest BCUT2D eigenvalue weighted by Crippen LogP contribution is -2.44. The van der Waals surface area contributed by atoms with Gasteiger partial charge in [0, 0.05) is 20.3 Å². The molecule has 0 saturated heterocycles. The van der Waals surface area contributed by atoms with E-state index in [1.807, 2.05) is 0 Å². The lowest BCUT2D eigenvalue weighted by molar-refractivity contribution is -0.153. The Labute approximate surface area is 229 Å². The minimum absolute atomic E-state index is 0.0184. The Morgan fingerprint density at radius 3 is 2.65 bits per heavy atom. The maximum absolute atomic E-state index is 13.0. The van der Waals surface area contributed by atoms with Crippen molar-refractivity contribution in [2.24, 2.45) is 0 Å². The van der Waals surface area contributed by atoms with E-state index in [4.69, 9.17) is 9.84 Å². The predicted octanol–water partition coefficient (Wildman–Crippen LogP) is 3.45. The molecule has 2 aromatic heterocycles. The van der Waals surface area contributed by atoms with Crippen molar-refractivity contribution in [1.29, 1.82) is 0 Å². The lowest BCUT2D eigenvalue weighted by atomic mass is 10.1. The van der Waals surface area contributed by atoms with Crippen LogP contribution in [0.5, 0.6) is 5.75 Å². The molecule has 15 heteroatoms. The quantitative estimate of drug-likeness (QED) is 0.295. The van der Waals surface area contributed by atoms with Crippen molar-refractivity contribution in [2.75, 3.05) is 26.0 Å². The highest BCUT2D eigenvalue weighted by Crippen LogP contribution is 2.32. The van der Waals surface area contributed by atoms with E-state index in [9.17, 15) is 32.3 Å². The van der Waals surface area contributed by atoms with Gasteiger partial charge in [-0.15, -0.1) is 11.3 Å². The van der Waals surface area contributed by atoms with Gasteiger partial charge in [-0.25, -0.2) is 9.78 Å². The van der Waals surface area contributed by atoms with E-state index in [1.165, 1.54) is 52.1 Å². The summed E-state index contributed by atoms with van der Waals surface area (Å²) in [4.78, 5) is 54.4. The summed E-state index contributed by atoms with van der Waals surface area (Å²) in [5.74, 6) is -1.02. The number of fused-ring (bicyclic) bond motifs is 1. The highest BCUT2D eigenvalue weighted by molar-refractivity contribution is 7.19. The molecule has 1 atom stereocenters. The van der Waals surface area contributed by atoms with E-state index < -0.39 is 36.4 Å². The summed E-state index contributed by atoms with van der Waals surface area (Å²) in [6.07, 6.45) is -1.44. The van der Waals surface area contributed by atoms with E-state index in [0.29, 0.717) is 15.2 Å². The fourth-order valence-corrected chi connectivity index (χ4v) is 4.48. The molecule has 3 amide bonds. The van der Waals surface area contributed by atoms with Gasteiger partial charge < -0.3 is 29.9 Å². The average Bonchev–Trinajstić information content (AvgIpc) is 3.29. The number of nitrogens with one attached hydrogen (secondary N) is 2. The Kier molecular flexibility index (Phi) is 9.87. The first-order chi connectivity index (χ1) is 18.8. The smallest absolute Gasteiger partial charge is 0.422 e. The number of hydrogen-bond acceptors (Lipinski definition) is 7. The molecule has 0 spiro atoms. The number of carbonyl (C=O) groups is 3. The largest absolute Gasteiger partial charge is 0.483 e. The van der Waals surface area contributed by atoms with Crippen LogP contribution in [0.4, 0.5) is 23.7 Å². The molecule has 3 aromatic rings. The Bertz CT molecular complexity index is 1470. The van der Waals surface area contributed by atoms with Gasteiger partial charge in [0.2, 0.25) is 11.8 Å². The molecule has 0 bridgehead atoms. The maximum Gasteiger partial charge on any atom is 0.422 e. The second-order valence-corrected chi connectivity index (χ2v) is 9.76. The molecular formula is C25H26F3N5O6S. The number of anilines is 1. The van der Waals surface area contributed by atoms with Crippen LogP contribution in [-0.4, -0.2) is 70.4 Å². The summed E-state index contributed by atoms with van der Waals surface area (Å²) in [6.45, 7) is -1.50. The van der Waals surface area contributed by atoms with Crippen molar-refractivity contribution in [2.45, 2.75) is 31.6 Å². The molecule has 0 saturated carbocycles. The fourth-order valence-electron chi connectivity index (χ4n) is 3.45. The van der Waals surface area contributed by atoms with E-state index in [1.54, 1.807) is 20.2 Å². The van der Waals surface area contributed by atoms with Crippen LogP contribution in [0.25, 0.3) is 10.2 Å². The van der Waals surface area contributed by atoms with E-state index in [2.05, 4.69) is 15.6 Å². The second-order valence-electron chi connectivity index (χ2n) is 8.67. The Morgan fingerprint density at radius 2 is 1.98 bits per heavy atom. The van der Waals surface area contributed by atoms with E-state index in [-0.39, 0.29) is 36.7 Å². The van der Waals surface area contributed by atoms with Gasteiger partial charge in [-0.3, -0.25) is 14.4 Å². The van der Waals surface area contributed by atoms with Crippen LogP contribution in [0, 0.1) is 0 Å². The van der Waals surface area contributed by atoms with Crippen LogP contribution >= 0.6 is 11.3 Å². The summed E-state index contributed by atoms with van der Waals surface area (Å²) < 4.78 is 44.3. The van der Waals surface area contributed by atoms with Crippen LogP contribution in [-0.2, 0) is 16.1 Å². The Morgan fingerprint density at radius 1 is 1.23 bits per heavy atom. The molecule has 3 N–H and O–H groups in total. The van der Waals surface area contributed by atoms with Gasteiger partial charge in [0.1, 0.15) is 22.5 Å². The zero-order chi connectivity index (χ0) is 29.4. The van der Waals surface area contributed by atoms with Crippen LogP contribution in [0.3, 0.4) is 0 Å². The zero-order valence-corrected chi connectivity index (χ0v) is 22.2. The highest BCUT2D eigenvalue weighted by Gasteiger charge is 2.29. The number of nitrogens with zero attached hydrogens (tertiary/aromatic N) is 3. The monoisotopic (exact) mass is 581 g/mol. The first kappa shape index (κ1) is 30.1. The number of hydrogen-bond donors (Lipinski definition) is 3. The lowest BCUT2D eigenvalue weighted by Gasteiger charge is -2.16. The Balaban J connectivity index is 1.74. The van der Waals surface area contributed by atoms with Gasteiger partial charge in [-0.1, -0.05) is 12.1 Å². The van der Waals surface area contributed by atoms with E-state index >= 15 is 0 Å². The molecule has 0 aliphatic rings. The van der Waals surface area contributed by atoms with Gasteiger partial charge in [0.15, 0.2) is 6.61 Å². The van der Waals surface area contributed by atoms with Crippen LogP contribution in [0.2, 0.25) is 0 Å². The molecule has 0 aliphatic carbocycles. The summed E-state index contributed by atoms with van der Waals surface area (Å²) in [7, 11) is 3.14. The number of carbonyl (C=O) groups excluding carboxylic acids is 2. The van der Waals surface area contributed by atoms with Gasteiger partial charge in [-0.2, -0.15) is 13.2 Å². The molecule has 0 aliphatic heterocycles. The minimum atomic E-state index is -4.51. The number of thiazole rings is 1. The molecule has 214 valence electrons. The maximum atomic E-state index is 13.0. The SMILES string of the molecule is CN(C)C(=O)/C=C/CC[C@H](NC(=O)O)C(=O)Nc1cccn(Cc2nc3cccc(OCC(F)(F)F)c3s2)c1=O. The molecule has 40 heavy (non-hydrogen) atoms. The number of halogens is 3. The van der Waals surface area contributed by atoms with Gasteiger partial charge in [0.25, 0.3) is 5.56 Å². The number of amides is 3. The number of pyridine rings is 1. The number of likely N-dealkylation sites (N-methyl/N-ethyl adjacent to an activating group) is 1. The molecule has 1 aromatic carbocycles. The number of carboxylic acid groups (broad SMARTS) is 1. The number of aromatic nitrogens is 2. The topological polar surface area (TPSA) is 143 Å². The molecule has 0 fully saturated rings. The Hall–Kier alpha value is -4.40. The van der Waals surface area contributed by atoms with Crippen molar-refractivity contribution in [1.82, 2.24) is 19.8 Å². The van der Waals surface area contributed by atoms with E-state index in [0.717, 1.165) is 11.3 Å². The number of allylic oxidation sites excluding steroid dienone is 1. The van der Waals surface area contributed by atoms with Crippen molar-refractivity contribution in [3.63, 3.8) is 0 Å². The zero-order valence-electron chi connectivity index (χ0n) is 21.4. The number of rotatable bonds is 11. The second kappa shape index (κ2) is 13.1. The number of alkyl halides is 3. The highest BCUT2D eigenvalue weighted by atomic mass is 32.1. The average molecular weight is 582 g/mol. The van der Waals surface area contributed by atoms with Crippen molar-refractivity contribution >= 4 is 45.1 Å². The van der Waals surface area contributed by atoms with Crippen LogP contribution < -0.4 is 20.9 Å². The summed E-state index contributed by atoms with van der Waals surface area (Å²) in [5.41, 5.74) is -0.311. The van der Waals surface area contributed by atoms with Gasteiger partial charge >= 0.3 is 12.3 Å². The molecule has 2 heterocycles. The van der Waals surface area contributed by atoms with Crippen molar-refractivity contribution in [3.8, 4) is 5.75 Å². The predicted molar refractivity (Wildman–Crippen MR) is 142 cm³/mol. The third-order valence-electron chi connectivity index (χ3n) is 5.34. The molecule has 0 radical (unpaired) electrons. The third-order valence-corrected chi connectivity index (χ3v) is 6.41. The normalized spacial score (nSPS) is 12.3. The van der Waals surface area contributed by atoms with Gasteiger partial charge in [0.05, 0.1) is 16.8 Å². The first-order valence-corrected chi connectivity index (χ1v) is 12.6. The van der Waals surface area contributed by atoms with Crippen molar-refractivity contribution in [3.05, 3.63) is 64.0 Å². The molecule has 0 unspecified atom stereocenters. The summed E-state index contributed by atoms with van der Waals surface area (Å²) in [6, 6.07) is 6.16.